The molecule has 0 aliphatic carbocycles. The lowest BCUT2D eigenvalue weighted by molar-refractivity contribution is 0.0967. The predicted molar refractivity (Wildman–Crippen MR) is 117 cm³/mol. The van der Waals surface area contributed by atoms with Crippen LogP contribution in [0.1, 0.15) is 40.0 Å². The number of aromatic nitrogens is 3. The van der Waals surface area contributed by atoms with E-state index in [0.717, 1.165) is 5.56 Å². The van der Waals surface area contributed by atoms with Crippen molar-refractivity contribution in [2.45, 2.75) is 19.4 Å². The summed E-state index contributed by atoms with van der Waals surface area (Å²) in [5.74, 6) is 1.26. The topological polar surface area (TPSA) is 65.3 Å². The number of Topliss-reactive ketones (excluding diaryl/α,β-unsaturated/α-hetero) is 1. The van der Waals surface area contributed by atoms with E-state index in [1.54, 1.807) is 34.0 Å². The molecule has 6 nitrogen and oxygen atoms in total. The Kier molecular flexibility index (Phi) is 5.81. The molecule has 0 aliphatic heterocycles. The summed E-state index contributed by atoms with van der Waals surface area (Å²) in [5.41, 5.74) is 1.62. The largest absolute Gasteiger partial charge is 0.463 e. The maximum Gasteiger partial charge on any atom is 0.219 e. The van der Waals surface area contributed by atoms with E-state index >= 15 is 0 Å². The lowest BCUT2D eigenvalue weighted by Crippen LogP contribution is -2.17. The van der Waals surface area contributed by atoms with Crippen LogP contribution >= 0.6 is 12.2 Å². The predicted octanol–water partition coefficient (Wildman–Crippen LogP) is 5.06. The molecule has 4 rings (SSSR count). The summed E-state index contributed by atoms with van der Waals surface area (Å²) in [6.45, 7) is 1.83. The minimum Gasteiger partial charge on any atom is -0.463 e. The Balaban J connectivity index is 1.72. The number of furan rings is 1. The van der Waals surface area contributed by atoms with Gasteiger partial charge in [-0.2, -0.15) is 14.9 Å². The van der Waals surface area contributed by atoms with Crippen molar-refractivity contribution in [3.05, 3.63) is 107 Å². The molecule has 0 spiro atoms. The summed E-state index contributed by atoms with van der Waals surface area (Å²) in [4.78, 5) is 13.0. The van der Waals surface area contributed by atoms with Crippen LogP contribution in [0.25, 0.3) is 0 Å². The summed E-state index contributed by atoms with van der Waals surface area (Å²) < 4.78 is 8.96. The Morgan fingerprint density at radius 2 is 1.80 bits per heavy atom. The number of benzene rings is 2. The summed E-state index contributed by atoms with van der Waals surface area (Å²) in [7, 11) is 0. The van der Waals surface area contributed by atoms with Crippen molar-refractivity contribution in [1.82, 2.24) is 14.5 Å². The van der Waals surface area contributed by atoms with E-state index in [4.69, 9.17) is 16.6 Å². The minimum atomic E-state index is -0.342. The molecule has 2 aromatic carbocycles. The quantitative estimate of drug-likeness (QED) is 0.240. The zero-order chi connectivity index (χ0) is 20.9. The monoisotopic (exact) mass is 416 g/mol. The first-order chi connectivity index (χ1) is 14.6. The third kappa shape index (κ3) is 4.21. The Bertz CT molecular complexity index is 1210. The van der Waals surface area contributed by atoms with Crippen LogP contribution in [0.3, 0.4) is 0 Å². The number of carbonyl (C=O) groups excluding carboxylic acids is 1. The second-order valence-corrected chi connectivity index (χ2v) is 7.13. The molecule has 0 bridgehead atoms. The lowest BCUT2D eigenvalue weighted by Gasteiger charge is -2.17. The van der Waals surface area contributed by atoms with E-state index in [2.05, 4.69) is 10.2 Å². The van der Waals surface area contributed by atoms with Crippen molar-refractivity contribution in [3.8, 4) is 0 Å². The Morgan fingerprint density at radius 3 is 2.47 bits per heavy atom. The van der Waals surface area contributed by atoms with Gasteiger partial charge in [0.1, 0.15) is 5.76 Å². The zero-order valence-corrected chi connectivity index (χ0v) is 17.2. The van der Waals surface area contributed by atoms with Gasteiger partial charge in [0.05, 0.1) is 18.5 Å². The molecule has 2 aromatic heterocycles. The van der Waals surface area contributed by atoms with Gasteiger partial charge < -0.3 is 4.42 Å². The van der Waals surface area contributed by atoms with Crippen molar-refractivity contribution < 1.29 is 9.21 Å². The molecule has 30 heavy (non-hydrogen) atoms. The van der Waals surface area contributed by atoms with E-state index < -0.39 is 0 Å². The smallest absolute Gasteiger partial charge is 0.219 e. The van der Waals surface area contributed by atoms with E-state index in [9.17, 15) is 4.79 Å². The van der Waals surface area contributed by atoms with Gasteiger partial charge in [0.15, 0.2) is 11.6 Å². The molecule has 150 valence electrons. The van der Waals surface area contributed by atoms with Crippen LogP contribution in [-0.4, -0.2) is 26.5 Å². The van der Waals surface area contributed by atoms with E-state index in [-0.39, 0.29) is 18.2 Å². The SMILES string of the molecule is Cc1nn([C@@H](CC(=O)c2ccccc2)c2ccccc2)c(=S)n1/N=C/c1ccco1. The summed E-state index contributed by atoms with van der Waals surface area (Å²) in [6, 6.07) is 22.3. The van der Waals surface area contributed by atoms with Crippen LogP contribution < -0.4 is 0 Å². The first-order valence-electron chi connectivity index (χ1n) is 9.52. The maximum absolute atomic E-state index is 13.0. The minimum absolute atomic E-state index is 0.0256. The van der Waals surface area contributed by atoms with E-state index in [1.165, 1.54) is 0 Å². The average molecular weight is 417 g/mol. The number of aryl methyl sites for hydroxylation is 1. The van der Waals surface area contributed by atoms with Gasteiger partial charge in [-0.3, -0.25) is 4.79 Å². The number of ketones is 1. The molecule has 0 saturated heterocycles. The number of hydrogen-bond acceptors (Lipinski definition) is 5. The highest BCUT2D eigenvalue weighted by atomic mass is 32.1. The molecule has 0 fully saturated rings. The fraction of sp³-hybridized carbons (Fsp3) is 0.130. The second-order valence-electron chi connectivity index (χ2n) is 6.77. The van der Waals surface area contributed by atoms with E-state index in [1.807, 2.05) is 67.6 Å². The van der Waals surface area contributed by atoms with Crippen molar-refractivity contribution in [1.29, 1.82) is 0 Å². The number of carbonyl (C=O) groups is 1. The van der Waals surface area contributed by atoms with Crippen LogP contribution in [0.15, 0.2) is 88.6 Å². The molecule has 0 N–H and O–H groups in total. The van der Waals surface area contributed by atoms with Gasteiger partial charge in [-0.25, -0.2) is 4.68 Å². The summed E-state index contributed by atoms with van der Waals surface area (Å²) >= 11 is 5.66. The molecule has 2 heterocycles. The second kappa shape index (κ2) is 8.84. The molecule has 0 amide bonds. The number of nitrogens with zero attached hydrogens (tertiary/aromatic N) is 4. The van der Waals surface area contributed by atoms with Gasteiger partial charge in [-0.05, 0) is 36.8 Å². The van der Waals surface area contributed by atoms with Crippen molar-refractivity contribution >= 4 is 24.2 Å². The third-order valence-corrected chi connectivity index (χ3v) is 5.09. The Morgan fingerprint density at radius 1 is 1.10 bits per heavy atom. The van der Waals surface area contributed by atoms with Crippen LogP contribution in [0.5, 0.6) is 0 Å². The molecule has 7 heteroatoms. The molecular formula is C23H20N4O2S. The standard InChI is InChI=1S/C23H20N4O2S/c1-17-25-27(23(30)26(17)24-16-20-13-8-14-29-20)21(18-9-4-2-5-10-18)15-22(28)19-11-6-3-7-12-19/h2-14,16,21H,15H2,1H3/b24-16+/t21-/m0/s1. The highest BCUT2D eigenvalue weighted by Crippen LogP contribution is 2.24. The van der Waals surface area contributed by atoms with Crippen LogP contribution in [0.2, 0.25) is 0 Å². The van der Waals surface area contributed by atoms with Gasteiger partial charge in [-0.15, -0.1) is 0 Å². The maximum atomic E-state index is 13.0. The highest BCUT2D eigenvalue weighted by Gasteiger charge is 2.22. The Hall–Kier alpha value is -3.58. The summed E-state index contributed by atoms with van der Waals surface area (Å²) in [5, 5.41) is 9.02. The van der Waals surface area contributed by atoms with Gasteiger partial charge in [0.25, 0.3) is 0 Å². The fourth-order valence-corrected chi connectivity index (χ4v) is 3.58. The van der Waals surface area contributed by atoms with Crippen molar-refractivity contribution in [3.63, 3.8) is 0 Å². The van der Waals surface area contributed by atoms with Crippen LogP contribution in [0, 0.1) is 11.7 Å². The molecule has 0 radical (unpaired) electrons. The first kappa shape index (κ1) is 19.7. The fourth-order valence-electron chi connectivity index (χ4n) is 3.23. The zero-order valence-electron chi connectivity index (χ0n) is 16.4. The number of rotatable bonds is 7. The van der Waals surface area contributed by atoms with Crippen molar-refractivity contribution in [2.75, 3.05) is 0 Å². The van der Waals surface area contributed by atoms with Crippen molar-refractivity contribution in [2.24, 2.45) is 5.10 Å². The molecule has 4 aromatic rings. The summed E-state index contributed by atoms with van der Waals surface area (Å²) in [6.07, 6.45) is 3.40. The van der Waals surface area contributed by atoms with Gasteiger partial charge in [-0.1, -0.05) is 60.7 Å². The molecule has 0 aliphatic rings. The molecule has 0 unspecified atom stereocenters. The Labute approximate surface area is 179 Å². The molecule has 1 atom stereocenters. The van der Waals surface area contributed by atoms with Gasteiger partial charge in [0, 0.05) is 12.0 Å². The highest BCUT2D eigenvalue weighted by molar-refractivity contribution is 7.71. The third-order valence-electron chi connectivity index (χ3n) is 4.73. The van der Waals surface area contributed by atoms with E-state index in [0.29, 0.717) is 21.9 Å². The van der Waals surface area contributed by atoms with Gasteiger partial charge in [0.2, 0.25) is 4.77 Å². The first-order valence-corrected chi connectivity index (χ1v) is 9.93. The number of hydrogen-bond donors (Lipinski definition) is 0. The molecule has 0 saturated carbocycles. The van der Waals surface area contributed by atoms with Gasteiger partial charge >= 0.3 is 0 Å². The van der Waals surface area contributed by atoms with Crippen LogP contribution in [-0.2, 0) is 0 Å². The molecular weight excluding hydrogens is 396 g/mol. The normalized spacial score (nSPS) is 12.3. The van der Waals surface area contributed by atoms with Crippen LogP contribution in [0.4, 0.5) is 0 Å². The average Bonchev–Trinajstić information content (AvgIpc) is 3.39. The lowest BCUT2D eigenvalue weighted by atomic mass is 9.98.